The zero-order valence-corrected chi connectivity index (χ0v) is 16.3. The van der Waals surface area contributed by atoms with Crippen LogP contribution in [0, 0.1) is 0 Å². The van der Waals surface area contributed by atoms with E-state index in [0.717, 1.165) is 0 Å². The normalized spacial score (nSPS) is 4.46. The van der Waals surface area contributed by atoms with Crippen molar-refractivity contribution >= 4 is 20.2 Å². The summed E-state index contributed by atoms with van der Waals surface area (Å²) in [5, 5.41) is 0. The SMILES string of the molecule is O.O.O.O.O.O=S([O-])([O-])=S.[H-].[K+].[Na+].[Na+]. The van der Waals surface area contributed by atoms with Crippen molar-refractivity contribution < 1.29 is 153 Å². The molecule has 8 nitrogen and oxygen atoms in total. The Morgan fingerprint density at radius 1 is 0.923 bits per heavy atom. The Bertz CT molecular complexity index is 109. The molecule has 0 unspecified atom stereocenters. The second kappa shape index (κ2) is 36.1. The molecule has 13 heavy (non-hydrogen) atoms. The molecular formula is H11KNa2O8S2. The molecule has 0 aliphatic heterocycles. The molecule has 0 aromatic carbocycles. The van der Waals surface area contributed by atoms with Gasteiger partial charge in [0.2, 0.25) is 0 Å². The average molecular weight is 288 g/mol. The summed E-state index contributed by atoms with van der Waals surface area (Å²) in [5.74, 6) is 0. The summed E-state index contributed by atoms with van der Waals surface area (Å²) in [6, 6.07) is 0. The van der Waals surface area contributed by atoms with Crippen molar-refractivity contribution in [3.05, 3.63) is 0 Å². The Morgan fingerprint density at radius 3 is 0.923 bits per heavy atom. The first kappa shape index (κ1) is 69.3. The molecule has 74 valence electrons. The van der Waals surface area contributed by atoms with Gasteiger partial charge in [0.1, 0.15) is 0 Å². The molecule has 0 aliphatic carbocycles. The summed E-state index contributed by atoms with van der Waals surface area (Å²) in [4.78, 5) is 0. The molecule has 0 aromatic rings. The van der Waals surface area contributed by atoms with E-state index in [1.54, 1.807) is 0 Å². The van der Waals surface area contributed by atoms with Gasteiger partial charge in [-0.3, -0.25) is 4.21 Å². The van der Waals surface area contributed by atoms with Crippen LogP contribution >= 0.6 is 0 Å². The summed E-state index contributed by atoms with van der Waals surface area (Å²) < 4.78 is 26.7. The number of hydrogen-bond donors (Lipinski definition) is 0. The molecule has 0 fully saturated rings. The van der Waals surface area contributed by atoms with Gasteiger partial charge < -0.3 is 37.9 Å². The molecule has 0 spiro atoms. The first-order valence-corrected chi connectivity index (χ1v) is 3.00. The van der Waals surface area contributed by atoms with Gasteiger partial charge in [-0.05, 0) is 11.2 Å². The Kier molecular flexibility index (Phi) is 192. The van der Waals surface area contributed by atoms with Gasteiger partial charge in [-0.15, -0.1) is 9.05 Å². The van der Waals surface area contributed by atoms with Crippen LogP contribution in [0.2, 0.25) is 0 Å². The minimum absolute atomic E-state index is 0. The third-order valence-corrected chi connectivity index (χ3v) is 0. The molecule has 0 amide bonds. The van der Waals surface area contributed by atoms with Crippen molar-refractivity contribution in [1.29, 1.82) is 0 Å². The van der Waals surface area contributed by atoms with Gasteiger partial charge in [0, 0.05) is 0 Å². The molecule has 0 heterocycles. The first-order valence-electron chi connectivity index (χ1n) is 0.667. The van der Waals surface area contributed by atoms with Crippen LogP contribution in [0.3, 0.4) is 0 Å². The molecule has 0 aliphatic rings. The van der Waals surface area contributed by atoms with Crippen LogP contribution in [0.4, 0.5) is 0 Å². The molecular weight excluding hydrogens is 277 g/mol. The van der Waals surface area contributed by atoms with Crippen molar-refractivity contribution in [2.75, 3.05) is 0 Å². The first-order chi connectivity index (χ1) is 2.00. The molecule has 0 bridgehead atoms. The predicted molar refractivity (Wildman–Crippen MR) is 36.2 cm³/mol. The van der Waals surface area contributed by atoms with Crippen LogP contribution in [0.5, 0.6) is 0 Å². The molecule has 0 radical (unpaired) electrons. The van der Waals surface area contributed by atoms with E-state index < -0.39 is 9.05 Å². The Morgan fingerprint density at radius 2 is 0.923 bits per heavy atom. The molecule has 0 aromatic heterocycles. The summed E-state index contributed by atoms with van der Waals surface area (Å²) in [5.41, 5.74) is 0. The van der Waals surface area contributed by atoms with Gasteiger partial charge in [0.25, 0.3) is 0 Å². The van der Waals surface area contributed by atoms with Gasteiger partial charge in [-0.2, -0.15) is 0 Å². The topological polar surface area (TPSA) is 221 Å². The maximum atomic E-state index is 8.89. The van der Waals surface area contributed by atoms with E-state index in [-0.39, 0.29) is 139 Å². The molecule has 0 saturated heterocycles. The third kappa shape index (κ3) is 213. The van der Waals surface area contributed by atoms with E-state index in [9.17, 15) is 0 Å². The van der Waals surface area contributed by atoms with E-state index in [1.807, 2.05) is 0 Å². The average Bonchev–Trinajstić information content (AvgIpc) is 0.722. The van der Waals surface area contributed by atoms with E-state index in [2.05, 4.69) is 11.2 Å². The Balaban J connectivity index is -0.00000000222. The van der Waals surface area contributed by atoms with Gasteiger partial charge in [0.05, 0.1) is 0 Å². The van der Waals surface area contributed by atoms with Crippen LogP contribution in [0.25, 0.3) is 0 Å². The van der Waals surface area contributed by atoms with Crippen LogP contribution in [-0.4, -0.2) is 40.7 Å². The van der Waals surface area contributed by atoms with E-state index >= 15 is 0 Å². The third-order valence-electron chi connectivity index (χ3n) is 0. The van der Waals surface area contributed by atoms with Gasteiger partial charge in [0.15, 0.2) is 0 Å². The van der Waals surface area contributed by atoms with Crippen molar-refractivity contribution in [3.63, 3.8) is 0 Å². The fourth-order valence-corrected chi connectivity index (χ4v) is 0. The summed E-state index contributed by atoms with van der Waals surface area (Å²) >= 11 is 3.24. The monoisotopic (exact) mass is 288 g/mol. The van der Waals surface area contributed by atoms with Crippen molar-refractivity contribution in [2.45, 2.75) is 0 Å². The molecule has 0 saturated carbocycles. The second-order valence-corrected chi connectivity index (χ2v) is 2.45. The number of hydrogen-bond acceptors (Lipinski definition) is 4. The number of rotatable bonds is 0. The quantitative estimate of drug-likeness (QED) is 0.395. The van der Waals surface area contributed by atoms with E-state index in [4.69, 9.17) is 13.3 Å². The van der Waals surface area contributed by atoms with Crippen molar-refractivity contribution in [3.8, 4) is 0 Å². The van der Waals surface area contributed by atoms with Gasteiger partial charge in [-0.1, -0.05) is 0 Å². The van der Waals surface area contributed by atoms with E-state index in [1.165, 1.54) is 0 Å². The zero-order valence-electron chi connectivity index (χ0n) is 8.54. The summed E-state index contributed by atoms with van der Waals surface area (Å²) in [7, 11) is -4.33. The minimum atomic E-state index is -4.33. The van der Waals surface area contributed by atoms with Crippen molar-refractivity contribution in [1.82, 2.24) is 0 Å². The maximum absolute atomic E-state index is 8.89. The molecule has 13 heteroatoms. The van der Waals surface area contributed by atoms with Crippen molar-refractivity contribution in [2.24, 2.45) is 0 Å². The minimum Gasteiger partial charge on any atom is -1.00 e. The van der Waals surface area contributed by atoms with Crippen LogP contribution in [0.15, 0.2) is 0 Å². The van der Waals surface area contributed by atoms with Crippen LogP contribution in [-0.2, 0) is 20.2 Å². The maximum Gasteiger partial charge on any atom is 1.00 e. The summed E-state index contributed by atoms with van der Waals surface area (Å²) in [6.07, 6.45) is 0. The fraction of sp³-hybridized carbons (Fsp3) is 0. The Labute approximate surface area is 169 Å². The molecule has 0 atom stereocenters. The standard InChI is InChI=1S/K.2Na.H2O3S2.5H2O.H/c;;;1-5(2,3)4;;;;;;/h;;;(H2,1,2,3,4);5*1H2;/q3*+1;;;;;;;-1/p-2. The molecule has 10 N–H and O–H groups in total. The van der Waals surface area contributed by atoms with Gasteiger partial charge >= 0.3 is 110 Å². The van der Waals surface area contributed by atoms with Crippen LogP contribution < -0.4 is 110 Å². The van der Waals surface area contributed by atoms with Crippen LogP contribution in [0.1, 0.15) is 1.43 Å². The second-order valence-electron chi connectivity index (χ2n) is 0.408. The molecule has 0 rings (SSSR count). The van der Waals surface area contributed by atoms with E-state index in [0.29, 0.717) is 0 Å². The predicted octanol–water partition coefficient (Wildman–Crippen LogP) is -14.0. The zero-order chi connectivity index (χ0) is 4.50. The Hall–Kier alpha value is 3.73. The largest absolute Gasteiger partial charge is 1.00 e. The smallest absolute Gasteiger partial charge is 1.00 e. The van der Waals surface area contributed by atoms with Gasteiger partial charge in [-0.25, -0.2) is 0 Å². The summed E-state index contributed by atoms with van der Waals surface area (Å²) in [6.45, 7) is 0. The fourth-order valence-electron chi connectivity index (χ4n) is 0.